The van der Waals surface area contributed by atoms with Crippen LogP contribution in [0.1, 0.15) is 43.6 Å². The number of carboxylic acids is 1. The zero-order chi connectivity index (χ0) is 15.4. The molecule has 1 aromatic rings. The summed E-state index contributed by atoms with van der Waals surface area (Å²) in [7, 11) is 0. The van der Waals surface area contributed by atoms with Gasteiger partial charge in [-0.05, 0) is 74.2 Å². The smallest absolute Gasteiger partial charge is 0.303 e. The van der Waals surface area contributed by atoms with Crippen molar-refractivity contribution >= 4 is 5.97 Å². The molecule has 1 saturated carbocycles. The second-order valence-corrected chi connectivity index (χ2v) is 6.61. The van der Waals surface area contributed by atoms with Crippen molar-refractivity contribution in [3.05, 3.63) is 29.8 Å². The topological polar surface area (TPSA) is 58.6 Å². The molecule has 2 unspecified atom stereocenters. The Labute approximate surface area is 131 Å². The molecule has 4 nitrogen and oxygen atoms in total. The molecule has 0 amide bonds. The molecule has 2 N–H and O–H groups in total. The average Bonchev–Trinajstić information content (AvgIpc) is 3.22. The lowest BCUT2D eigenvalue weighted by Gasteiger charge is -2.16. The van der Waals surface area contributed by atoms with Gasteiger partial charge in [-0.1, -0.05) is 12.1 Å². The van der Waals surface area contributed by atoms with E-state index >= 15 is 0 Å². The molecule has 1 aromatic carbocycles. The number of carboxylic acid groups (broad SMARTS) is 1. The largest absolute Gasteiger partial charge is 0.494 e. The standard InChI is InChI=1S/C18H25NO3/c20-18(21)11-17(14-4-5-14)15-2-1-3-16(10-15)22-9-7-13-6-8-19-12-13/h1-3,10,13-14,17,19H,4-9,11-12H2,(H,20,21). The highest BCUT2D eigenvalue weighted by Crippen LogP contribution is 2.45. The van der Waals surface area contributed by atoms with Gasteiger partial charge in [-0.2, -0.15) is 0 Å². The van der Waals surface area contributed by atoms with Crippen LogP contribution in [0.5, 0.6) is 5.75 Å². The fraction of sp³-hybridized carbons (Fsp3) is 0.611. The number of rotatable bonds is 8. The summed E-state index contributed by atoms with van der Waals surface area (Å²) in [6.45, 7) is 2.97. The first kappa shape index (κ1) is 15.3. The molecule has 22 heavy (non-hydrogen) atoms. The number of ether oxygens (including phenoxy) is 1. The Morgan fingerprint density at radius 2 is 2.23 bits per heavy atom. The fourth-order valence-electron chi connectivity index (χ4n) is 3.38. The Kier molecular flexibility index (Phi) is 4.98. The van der Waals surface area contributed by atoms with Crippen molar-refractivity contribution in [2.45, 2.75) is 38.0 Å². The first-order chi connectivity index (χ1) is 10.7. The van der Waals surface area contributed by atoms with Gasteiger partial charge in [-0.15, -0.1) is 0 Å². The van der Waals surface area contributed by atoms with E-state index < -0.39 is 5.97 Å². The van der Waals surface area contributed by atoms with Gasteiger partial charge >= 0.3 is 5.97 Å². The van der Waals surface area contributed by atoms with E-state index in [0.29, 0.717) is 5.92 Å². The molecule has 1 aliphatic heterocycles. The van der Waals surface area contributed by atoms with Crippen LogP contribution in [0.2, 0.25) is 0 Å². The molecular weight excluding hydrogens is 278 g/mol. The third-order valence-corrected chi connectivity index (χ3v) is 4.83. The van der Waals surface area contributed by atoms with Gasteiger partial charge in [0.25, 0.3) is 0 Å². The Bertz CT molecular complexity index is 507. The third-order valence-electron chi connectivity index (χ3n) is 4.83. The van der Waals surface area contributed by atoms with Crippen LogP contribution in [-0.2, 0) is 4.79 Å². The lowest BCUT2D eigenvalue weighted by Crippen LogP contribution is -2.12. The lowest BCUT2D eigenvalue weighted by atomic mass is 9.91. The van der Waals surface area contributed by atoms with Gasteiger partial charge in [-0.3, -0.25) is 4.79 Å². The van der Waals surface area contributed by atoms with Crippen LogP contribution < -0.4 is 10.1 Å². The minimum atomic E-state index is -0.711. The van der Waals surface area contributed by atoms with Crippen LogP contribution in [0.4, 0.5) is 0 Å². The van der Waals surface area contributed by atoms with Crippen LogP contribution in [0, 0.1) is 11.8 Å². The van der Waals surface area contributed by atoms with Gasteiger partial charge in [0.15, 0.2) is 0 Å². The molecule has 1 saturated heterocycles. The van der Waals surface area contributed by atoms with E-state index in [-0.39, 0.29) is 12.3 Å². The second kappa shape index (κ2) is 7.14. The normalized spacial score (nSPS) is 22.5. The first-order valence-corrected chi connectivity index (χ1v) is 8.37. The van der Waals surface area contributed by atoms with Crippen molar-refractivity contribution in [3.8, 4) is 5.75 Å². The zero-order valence-electron chi connectivity index (χ0n) is 13.0. The molecule has 3 rings (SSSR count). The van der Waals surface area contributed by atoms with E-state index in [1.54, 1.807) is 0 Å². The number of aliphatic carboxylic acids is 1. The van der Waals surface area contributed by atoms with Crippen molar-refractivity contribution < 1.29 is 14.6 Å². The van der Waals surface area contributed by atoms with E-state index in [1.165, 1.54) is 6.42 Å². The Morgan fingerprint density at radius 1 is 1.36 bits per heavy atom. The second-order valence-electron chi connectivity index (χ2n) is 6.61. The molecule has 0 spiro atoms. The highest BCUT2D eigenvalue weighted by Gasteiger charge is 2.33. The fourth-order valence-corrected chi connectivity index (χ4v) is 3.38. The molecule has 2 atom stereocenters. The van der Waals surface area contributed by atoms with Crippen molar-refractivity contribution in [2.24, 2.45) is 11.8 Å². The molecule has 0 radical (unpaired) electrons. The van der Waals surface area contributed by atoms with Crippen molar-refractivity contribution in [1.29, 1.82) is 0 Å². The van der Waals surface area contributed by atoms with Gasteiger partial charge in [0, 0.05) is 0 Å². The van der Waals surface area contributed by atoms with Crippen LogP contribution in [0.3, 0.4) is 0 Å². The summed E-state index contributed by atoms with van der Waals surface area (Å²) in [5.41, 5.74) is 1.12. The number of benzene rings is 1. The minimum Gasteiger partial charge on any atom is -0.494 e. The maximum atomic E-state index is 11.1. The molecule has 2 fully saturated rings. The Hall–Kier alpha value is -1.55. The van der Waals surface area contributed by atoms with E-state index in [0.717, 1.165) is 56.2 Å². The molecule has 1 heterocycles. The summed E-state index contributed by atoms with van der Waals surface area (Å²) in [6.07, 6.45) is 4.85. The Balaban J connectivity index is 1.57. The highest BCUT2D eigenvalue weighted by atomic mass is 16.5. The maximum Gasteiger partial charge on any atom is 0.303 e. The molecule has 1 aliphatic carbocycles. The molecule has 2 aliphatic rings. The van der Waals surface area contributed by atoms with Crippen LogP contribution in [0.25, 0.3) is 0 Å². The van der Waals surface area contributed by atoms with Crippen LogP contribution in [-0.4, -0.2) is 30.8 Å². The molecule has 0 aromatic heterocycles. The van der Waals surface area contributed by atoms with E-state index in [1.807, 2.05) is 24.3 Å². The van der Waals surface area contributed by atoms with Gasteiger partial charge < -0.3 is 15.2 Å². The molecular formula is C18H25NO3. The van der Waals surface area contributed by atoms with Crippen molar-refractivity contribution in [3.63, 3.8) is 0 Å². The first-order valence-electron chi connectivity index (χ1n) is 8.37. The summed E-state index contributed by atoms with van der Waals surface area (Å²) in [5.74, 6) is 1.57. The average molecular weight is 303 g/mol. The summed E-state index contributed by atoms with van der Waals surface area (Å²) in [4.78, 5) is 11.1. The molecule has 4 heteroatoms. The predicted octanol–water partition coefficient (Wildman–Crippen LogP) is 3.03. The predicted molar refractivity (Wildman–Crippen MR) is 85.2 cm³/mol. The van der Waals surface area contributed by atoms with Gasteiger partial charge in [-0.25, -0.2) is 0 Å². The van der Waals surface area contributed by atoms with Crippen molar-refractivity contribution in [1.82, 2.24) is 5.32 Å². The maximum absolute atomic E-state index is 11.1. The van der Waals surface area contributed by atoms with Gasteiger partial charge in [0.1, 0.15) is 5.75 Å². The summed E-state index contributed by atoms with van der Waals surface area (Å²) in [6, 6.07) is 8.04. The molecule has 0 bridgehead atoms. The van der Waals surface area contributed by atoms with E-state index in [2.05, 4.69) is 5.32 Å². The summed E-state index contributed by atoms with van der Waals surface area (Å²) >= 11 is 0. The van der Waals surface area contributed by atoms with Crippen LogP contribution >= 0.6 is 0 Å². The number of carbonyl (C=O) groups is 1. The Morgan fingerprint density at radius 3 is 2.91 bits per heavy atom. The number of hydrogen-bond acceptors (Lipinski definition) is 3. The van der Waals surface area contributed by atoms with E-state index in [4.69, 9.17) is 9.84 Å². The SMILES string of the molecule is O=C(O)CC(c1cccc(OCCC2CCNC2)c1)C1CC1. The monoisotopic (exact) mass is 303 g/mol. The van der Waals surface area contributed by atoms with Crippen LogP contribution in [0.15, 0.2) is 24.3 Å². The van der Waals surface area contributed by atoms with Crippen molar-refractivity contribution in [2.75, 3.05) is 19.7 Å². The number of hydrogen-bond donors (Lipinski definition) is 2. The molecule has 120 valence electrons. The lowest BCUT2D eigenvalue weighted by molar-refractivity contribution is -0.137. The third kappa shape index (κ3) is 4.23. The van der Waals surface area contributed by atoms with Gasteiger partial charge in [0.2, 0.25) is 0 Å². The summed E-state index contributed by atoms with van der Waals surface area (Å²) in [5, 5.41) is 12.5. The minimum absolute atomic E-state index is 0.139. The quantitative estimate of drug-likeness (QED) is 0.775. The number of nitrogens with one attached hydrogen (secondary N) is 1. The highest BCUT2D eigenvalue weighted by molar-refractivity contribution is 5.68. The van der Waals surface area contributed by atoms with E-state index in [9.17, 15) is 4.79 Å². The zero-order valence-corrected chi connectivity index (χ0v) is 13.0. The van der Waals surface area contributed by atoms with Gasteiger partial charge in [0.05, 0.1) is 13.0 Å². The summed E-state index contributed by atoms with van der Waals surface area (Å²) < 4.78 is 5.89.